The topological polar surface area (TPSA) is 151 Å². The number of allylic oxidation sites excluding steroid dienone is 2. The van der Waals surface area contributed by atoms with Gasteiger partial charge in [0.05, 0.1) is 17.4 Å². The van der Waals surface area contributed by atoms with Crippen molar-refractivity contribution in [3.05, 3.63) is 66.2 Å². The first kappa shape index (κ1) is 25.2. The summed E-state index contributed by atoms with van der Waals surface area (Å²) in [6.45, 7) is 0.885. The zero-order valence-electron chi connectivity index (χ0n) is 18.9. The molecule has 3 amide bonds. The summed E-state index contributed by atoms with van der Waals surface area (Å²) in [6.07, 6.45) is 4.19. The molecule has 2 aromatic carbocycles. The number of amides is 3. The molecule has 0 saturated carbocycles. The molecule has 0 bridgehead atoms. The fourth-order valence-electron chi connectivity index (χ4n) is 3.55. The average molecular weight is 479 g/mol. The Balaban J connectivity index is 1.48. The average Bonchev–Trinajstić information content (AvgIpc) is 2.84. The molecule has 0 aromatic heterocycles. The number of nitrogens with one attached hydrogen (secondary N) is 3. The Morgan fingerprint density at radius 2 is 1.31 bits per heavy atom. The second-order valence-electron chi connectivity index (χ2n) is 7.94. The van der Waals surface area contributed by atoms with Crippen LogP contribution in [0.2, 0.25) is 0 Å². The zero-order chi connectivity index (χ0) is 25.4. The predicted octanol–water partition coefficient (Wildman–Crippen LogP) is 3.05. The molecule has 0 aliphatic heterocycles. The molecule has 10 nitrogen and oxygen atoms in total. The molecule has 35 heavy (non-hydrogen) atoms. The lowest BCUT2D eigenvalue weighted by Crippen LogP contribution is -2.34. The van der Waals surface area contributed by atoms with Gasteiger partial charge in [-0.05, 0) is 61.4 Å². The number of esters is 1. The molecule has 0 radical (unpaired) electrons. The van der Waals surface area contributed by atoms with Crippen LogP contribution in [-0.2, 0) is 23.9 Å². The Kier molecular flexibility index (Phi) is 8.33. The number of carboxylic acid groups (broad SMARTS) is 1. The number of anilines is 3. The van der Waals surface area contributed by atoms with Gasteiger partial charge in [0.25, 0.3) is 5.91 Å². The van der Waals surface area contributed by atoms with Crippen LogP contribution in [0.4, 0.5) is 17.1 Å². The first-order valence-electron chi connectivity index (χ1n) is 10.9. The Labute approximate surface area is 201 Å². The van der Waals surface area contributed by atoms with Crippen LogP contribution in [-0.4, -0.2) is 41.4 Å². The van der Waals surface area contributed by atoms with Gasteiger partial charge in [-0.2, -0.15) is 0 Å². The summed E-state index contributed by atoms with van der Waals surface area (Å²) in [5, 5.41) is 17.2. The van der Waals surface area contributed by atoms with Crippen LogP contribution in [0, 0.1) is 11.8 Å². The maximum atomic E-state index is 12.5. The molecule has 0 heterocycles. The van der Waals surface area contributed by atoms with Crippen molar-refractivity contribution < 1.29 is 33.8 Å². The van der Waals surface area contributed by atoms with Gasteiger partial charge in [0.15, 0.2) is 6.61 Å². The van der Waals surface area contributed by atoms with Gasteiger partial charge in [-0.25, -0.2) is 4.79 Å². The maximum Gasteiger partial charge on any atom is 0.338 e. The van der Waals surface area contributed by atoms with E-state index in [9.17, 15) is 29.1 Å². The van der Waals surface area contributed by atoms with E-state index >= 15 is 0 Å². The predicted molar refractivity (Wildman–Crippen MR) is 128 cm³/mol. The highest BCUT2D eigenvalue weighted by Gasteiger charge is 2.33. The first-order valence-corrected chi connectivity index (χ1v) is 10.9. The van der Waals surface area contributed by atoms with E-state index < -0.39 is 42.2 Å². The molecule has 0 fully saturated rings. The molecule has 4 N–H and O–H groups in total. The number of hydrogen-bond donors (Lipinski definition) is 4. The van der Waals surface area contributed by atoms with E-state index in [1.807, 2.05) is 0 Å². The Morgan fingerprint density at radius 3 is 1.89 bits per heavy atom. The number of aliphatic carboxylic acids is 1. The van der Waals surface area contributed by atoms with Gasteiger partial charge in [-0.15, -0.1) is 0 Å². The molecule has 182 valence electrons. The van der Waals surface area contributed by atoms with Crippen molar-refractivity contribution in [2.24, 2.45) is 11.8 Å². The Morgan fingerprint density at radius 1 is 0.800 bits per heavy atom. The van der Waals surface area contributed by atoms with Gasteiger partial charge in [0, 0.05) is 24.0 Å². The minimum absolute atomic E-state index is 0.180. The van der Waals surface area contributed by atoms with Gasteiger partial charge >= 0.3 is 11.9 Å². The van der Waals surface area contributed by atoms with E-state index in [-0.39, 0.29) is 11.5 Å². The number of benzene rings is 2. The standard InChI is InChI=1S/C25H25N3O7/c1-15(29)26-17-10-12-18(13-11-17)27-22(30)14-35-25(34)16-6-8-19(9-7-16)28-23(31)20-4-2-3-5-21(20)24(32)33/h2-3,6-13,20-21H,4-5,14H2,1H3,(H,26,29)(H,27,30)(H,28,31)(H,32,33). The summed E-state index contributed by atoms with van der Waals surface area (Å²) >= 11 is 0. The van der Waals surface area contributed by atoms with E-state index in [0.29, 0.717) is 29.9 Å². The van der Waals surface area contributed by atoms with Crippen LogP contribution in [0.15, 0.2) is 60.7 Å². The molecule has 0 saturated heterocycles. The lowest BCUT2D eigenvalue weighted by molar-refractivity contribution is -0.146. The minimum Gasteiger partial charge on any atom is -0.481 e. The number of rotatable bonds is 8. The molecule has 1 aliphatic rings. The van der Waals surface area contributed by atoms with E-state index in [4.69, 9.17) is 4.74 Å². The molecule has 2 aromatic rings. The second-order valence-corrected chi connectivity index (χ2v) is 7.94. The molecular formula is C25H25N3O7. The van der Waals surface area contributed by atoms with Crippen LogP contribution in [0.5, 0.6) is 0 Å². The van der Waals surface area contributed by atoms with Crippen molar-refractivity contribution in [2.75, 3.05) is 22.6 Å². The fraction of sp³-hybridized carbons (Fsp3) is 0.240. The van der Waals surface area contributed by atoms with Crippen LogP contribution < -0.4 is 16.0 Å². The highest BCUT2D eigenvalue weighted by atomic mass is 16.5. The third-order valence-electron chi connectivity index (χ3n) is 5.30. The van der Waals surface area contributed by atoms with Crippen molar-refractivity contribution in [1.29, 1.82) is 0 Å². The van der Waals surface area contributed by atoms with Gasteiger partial charge < -0.3 is 25.8 Å². The highest BCUT2D eigenvalue weighted by Crippen LogP contribution is 2.27. The van der Waals surface area contributed by atoms with Gasteiger partial charge in [0.2, 0.25) is 11.8 Å². The monoisotopic (exact) mass is 479 g/mol. The van der Waals surface area contributed by atoms with Crippen molar-refractivity contribution in [3.8, 4) is 0 Å². The molecule has 2 atom stereocenters. The quantitative estimate of drug-likeness (QED) is 0.336. The summed E-state index contributed by atoms with van der Waals surface area (Å²) in [5.41, 5.74) is 1.64. The number of hydrogen-bond acceptors (Lipinski definition) is 6. The van der Waals surface area contributed by atoms with Crippen LogP contribution in [0.1, 0.15) is 30.1 Å². The number of ether oxygens (including phenoxy) is 1. The summed E-state index contributed by atoms with van der Waals surface area (Å²) in [6, 6.07) is 12.3. The number of carbonyl (C=O) groups is 5. The lowest BCUT2D eigenvalue weighted by atomic mass is 9.82. The van der Waals surface area contributed by atoms with Crippen LogP contribution in [0.25, 0.3) is 0 Å². The third kappa shape index (κ3) is 7.26. The molecule has 2 unspecified atom stereocenters. The van der Waals surface area contributed by atoms with Crippen molar-refractivity contribution >= 4 is 46.7 Å². The van der Waals surface area contributed by atoms with E-state index in [1.165, 1.54) is 31.2 Å². The van der Waals surface area contributed by atoms with Crippen molar-refractivity contribution in [2.45, 2.75) is 19.8 Å². The lowest BCUT2D eigenvalue weighted by Gasteiger charge is -2.24. The minimum atomic E-state index is -1.02. The maximum absolute atomic E-state index is 12.5. The SMILES string of the molecule is CC(=O)Nc1ccc(NC(=O)COC(=O)c2ccc(NC(=O)C3CC=CCC3C(=O)O)cc2)cc1. The van der Waals surface area contributed by atoms with Crippen molar-refractivity contribution in [3.63, 3.8) is 0 Å². The second kappa shape index (κ2) is 11.6. The smallest absolute Gasteiger partial charge is 0.338 e. The van der Waals surface area contributed by atoms with E-state index in [1.54, 1.807) is 36.4 Å². The van der Waals surface area contributed by atoms with Gasteiger partial charge in [0.1, 0.15) is 0 Å². The Bertz CT molecular complexity index is 1140. The Hall–Kier alpha value is -4.47. The number of carboxylic acids is 1. The third-order valence-corrected chi connectivity index (χ3v) is 5.30. The highest BCUT2D eigenvalue weighted by molar-refractivity contribution is 5.97. The summed E-state index contributed by atoms with van der Waals surface area (Å²) in [5.74, 6) is -4.35. The molecule has 1 aliphatic carbocycles. The van der Waals surface area contributed by atoms with E-state index in [2.05, 4.69) is 16.0 Å². The summed E-state index contributed by atoms with van der Waals surface area (Å²) in [4.78, 5) is 59.3. The van der Waals surface area contributed by atoms with Gasteiger partial charge in [-0.1, -0.05) is 12.2 Å². The largest absolute Gasteiger partial charge is 0.481 e. The summed E-state index contributed by atoms with van der Waals surface area (Å²) < 4.78 is 5.03. The summed E-state index contributed by atoms with van der Waals surface area (Å²) in [7, 11) is 0. The first-order chi connectivity index (χ1) is 16.7. The number of carbonyl (C=O) groups excluding carboxylic acids is 4. The zero-order valence-corrected chi connectivity index (χ0v) is 18.9. The van der Waals surface area contributed by atoms with Gasteiger partial charge in [-0.3, -0.25) is 19.2 Å². The van der Waals surface area contributed by atoms with Crippen LogP contribution >= 0.6 is 0 Å². The molecular weight excluding hydrogens is 454 g/mol. The normalized spacial score (nSPS) is 16.6. The van der Waals surface area contributed by atoms with Crippen molar-refractivity contribution in [1.82, 2.24) is 0 Å². The van der Waals surface area contributed by atoms with E-state index in [0.717, 1.165) is 0 Å². The molecule has 0 spiro atoms. The molecule has 10 heteroatoms. The fourth-order valence-corrected chi connectivity index (χ4v) is 3.55. The molecule has 3 rings (SSSR count). The van der Waals surface area contributed by atoms with Crippen LogP contribution in [0.3, 0.4) is 0 Å².